The molecule has 1 saturated heterocycles. The Morgan fingerprint density at radius 1 is 0.780 bits per heavy atom. The van der Waals surface area contributed by atoms with Crippen molar-refractivity contribution in [3.8, 4) is 17.2 Å². The lowest BCUT2D eigenvalue weighted by Gasteiger charge is -2.38. The van der Waals surface area contributed by atoms with Crippen LogP contribution in [0.15, 0.2) is 78.9 Å². The predicted molar refractivity (Wildman–Crippen MR) is 152 cm³/mol. The van der Waals surface area contributed by atoms with Crippen LogP contribution in [-0.4, -0.2) is 24.6 Å². The van der Waals surface area contributed by atoms with Gasteiger partial charge in [0.15, 0.2) is 11.5 Å². The number of fused-ring (bicyclic) bond motifs is 8. The number of carbonyl (C=O) groups is 3. The number of imide groups is 1. The fourth-order valence-electron chi connectivity index (χ4n) is 7.07. The Balaban J connectivity index is 1.37. The zero-order valence-corrected chi connectivity index (χ0v) is 22.4. The van der Waals surface area contributed by atoms with Crippen LogP contribution >= 0.6 is 0 Å². The quantitative estimate of drug-likeness (QED) is 0.183. The first-order chi connectivity index (χ1) is 19.9. The minimum atomic E-state index is -0.918. The Morgan fingerprint density at radius 2 is 1.56 bits per heavy atom. The van der Waals surface area contributed by atoms with Crippen LogP contribution in [0, 0.1) is 31.6 Å². The van der Waals surface area contributed by atoms with Crippen molar-refractivity contribution in [2.75, 3.05) is 11.7 Å². The lowest BCUT2D eigenvalue weighted by Crippen LogP contribution is -2.42. The maximum absolute atomic E-state index is 14.4. The molecule has 4 atom stereocenters. The molecule has 1 aliphatic carbocycles. The number of esters is 1. The summed E-state index contributed by atoms with van der Waals surface area (Å²) in [4.78, 5) is 43.6. The highest BCUT2D eigenvalue weighted by atomic mass is 16.7. The van der Waals surface area contributed by atoms with Crippen LogP contribution in [-0.2, 0) is 14.4 Å². The predicted octanol–water partition coefficient (Wildman–Crippen LogP) is 5.71. The summed E-state index contributed by atoms with van der Waals surface area (Å²) in [6.45, 7) is 3.98. The molecule has 0 bridgehead atoms. The highest BCUT2D eigenvalue weighted by Crippen LogP contribution is 2.56. The number of amides is 2. The third-order valence-corrected chi connectivity index (χ3v) is 8.86. The largest absolute Gasteiger partial charge is 0.454 e. The average Bonchev–Trinajstić information content (AvgIpc) is 3.54. The highest BCUT2D eigenvalue weighted by Gasteiger charge is 2.60. The first-order valence-electron chi connectivity index (χ1n) is 13.7. The van der Waals surface area contributed by atoms with Crippen LogP contribution in [0.3, 0.4) is 0 Å². The van der Waals surface area contributed by atoms with Gasteiger partial charge in [-0.3, -0.25) is 14.4 Å². The van der Waals surface area contributed by atoms with Crippen molar-refractivity contribution < 1.29 is 28.6 Å². The van der Waals surface area contributed by atoms with Crippen LogP contribution in [0.1, 0.15) is 28.2 Å². The number of carbonyl (C=O) groups excluding carboxylic acids is 3. The van der Waals surface area contributed by atoms with Crippen molar-refractivity contribution in [2.24, 2.45) is 17.8 Å². The molecular weight excluding hydrogens is 518 g/mol. The Kier molecular flexibility index (Phi) is 4.99. The molecule has 202 valence electrons. The summed E-state index contributed by atoms with van der Waals surface area (Å²) in [5.74, 6) is -2.62. The number of hydrogen-bond acceptors (Lipinski definition) is 6. The van der Waals surface area contributed by atoms with Crippen molar-refractivity contribution in [2.45, 2.75) is 19.8 Å². The van der Waals surface area contributed by atoms with Crippen molar-refractivity contribution in [1.29, 1.82) is 0 Å². The fourth-order valence-corrected chi connectivity index (χ4v) is 7.07. The lowest BCUT2D eigenvalue weighted by atomic mass is 9.64. The van der Waals surface area contributed by atoms with Crippen molar-refractivity contribution in [3.05, 3.63) is 101 Å². The Bertz CT molecular complexity index is 1870. The smallest absolute Gasteiger partial charge is 0.319 e. The van der Waals surface area contributed by atoms with E-state index in [0.29, 0.717) is 22.9 Å². The molecule has 0 saturated carbocycles. The Morgan fingerprint density at radius 3 is 2.41 bits per heavy atom. The first-order valence-corrected chi connectivity index (χ1v) is 13.7. The molecule has 41 heavy (non-hydrogen) atoms. The number of ether oxygens (including phenoxy) is 3. The third-order valence-electron chi connectivity index (χ3n) is 8.86. The van der Waals surface area contributed by atoms with E-state index in [1.54, 1.807) is 6.07 Å². The Labute approximate surface area is 235 Å². The molecule has 0 spiro atoms. The summed E-state index contributed by atoms with van der Waals surface area (Å²) in [7, 11) is 0. The van der Waals surface area contributed by atoms with Gasteiger partial charge in [0.1, 0.15) is 5.75 Å². The molecule has 8 rings (SSSR count). The minimum absolute atomic E-state index is 0.127. The van der Waals surface area contributed by atoms with Gasteiger partial charge in [-0.1, -0.05) is 60.2 Å². The van der Waals surface area contributed by atoms with Gasteiger partial charge in [-0.15, -0.1) is 0 Å². The third kappa shape index (κ3) is 3.35. The second kappa shape index (κ2) is 8.54. The number of allylic oxidation sites excluding steroid dienone is 1. The van der Waals surface area contributed by atoms with E-state index in [-0.39, 0.29) is 18.6 Å². The minimum Gasteiger partial charge on any atom is -0.454 e. The number of anilines is 1. The van der Waals surface area contributed by atoms with Gasteiger partial charge in [-0.05, 0) is 65.6 Å². The molecule has 4 aromatic rings. The molecule has 7 nitrogen and oxygen atoms in total. The summed E-state index contributed by atoms with van der Waals surface area (Å²) in [6, 6.07) is 22.9. The number of nitrogens with zero attached hydrogens (tertiary/aromatic N) is 1. The van der Waals surface area contributed by atoms with Crippen LogP contribution in [0.2, 0.25) is 0 Å². The van der Waals surface area contributed by atoms with Gasteiger partial charge in [0, 0.05) is 11.5 Å². The van der Waals surface area contributed by atoms with Crippen molar-refractivity contribution >= 4 is 39.8 Å². The van der Waals surface area contributed by atoms with Gasteiger partial charge < -0.3 is 14.2 Å². The van der Waals surface area contributed by atoms with Gasteiger partial charge in [0.2, 0.25) is 18.6 Å². The van der Waals surface area contributed by atoms with Gasteiger partial charge in [-0.2, -0.15) is 0 Å². The molecule has 3 heterocycles. The molecule has 0 radical (unpaired) electrons. The van der Waals surface area contributed by atoms with E-state index in [2.05, 4.69) is 0 Å². The maximum Gasteiger partial charge on any atom is 0.319 e. The SMILES string of the molecule is Cc1ccc(N2C(=O)[C@@H]3[C@@H]4C(=O)Oc5ccc6ccccc6c5C4=C[C@@H](c4ccc5c(c4)OCO5)[C@H]3C2=O)c(C)c1. The molecule has 1 fully saturated rings. The number of hydrogen-bond donors (Lipinski definition) is 0. The molecule has 0 unspecified atom stereocenters. The van der Waals surface area contributed by atoms with Gasteiger partial charge >= 0.3 is 5.97 Å². The molecular formula is C34H25NO6. The fraction of sp³-hybridized carbons (Fsp3) is 0.206. The summed E-state index contributed by atoms with van der Waals surface area (Å²) >= 11 is 0. The maximum atomic E-state index is 14.4. The Hall–Kier alpha value is -4.91. The number of benzene rings is 4. The van der Waals surface area contributed by atoms with E-state index in [4.69, 9.17) is 14.2 Å². The first kappa shape index (κ1) is 23.9. The summed E-state index contributed by atoms with van der Waals surface area (Å²) in [5, 5.41) is 1.93. The van der Waals surface area contributed by atoms with Crippen LogP contribution < -0.4 is 19.1 Å². The van der Waals surface area contributed by atoms with E-state index >= 15 is 0 Å². The topological polar surface area (TPSA) is 82.1 Å². The van der Waals surface area contributed by atoms with Crippen LogP contribution in [0.25, 0.3) is 16.3 Å². The molecule has 4 aromatic carbocycles. The van der Waals surface area contributed by atoms with Gasteiger partial charge in [-0.25, -0.2) is 4.90 Å². The number of rotatable bonds is 2. The second-order valence-electron chi connectivity index (χ2n) is 11.2. The standard InChI is InChI=1S/C34H25NO6/c1-17-7-10-24(18(2)13-17)35-32(36)29-22(20-9-11-25-27(14-20)40-16-39-25)15-23-28-21-6-4-3-5-19(21)8-12-26(28)41-34(38)30(23)31(29)33(35)37/h3-15,22,29-31H,16H2,1-2H3/t22-,29+,30+,31-/m0/s1. The molecule has 3 aliphatic heterocycles. The van der Waals surface area contributed by atoms with E-state index in [1.165, 1.54) is 4.90 Å². The normalized spacial score (nSPS) is 24.1. The highest BCUT2D eigenvalue weighted by molar-refractivity contribution is 6.25. The van der Waals surface area contributed by atoms with Gasteiger partial charge in [0.05, 0.1) is 23.4 Å². The average molecular weight is 544 g/mol. The van der Waals surface area contributed by atoms with E-state index in [0.717, 1.165) is 38.6 Å². The lowest BCUT2D eigenvalue weighted by molar-refractivity contribution is -0.142. The second-order valence-corrected chi connectivity index (χ2v) is 11.2. The molecule has 2 amide bonds. The number of aryl methyl sites for hydroxylation is 2. The monoisotopic (exact) mass is 543 g/mol. The zero-order chi connectivity index (χ0) is 28.0. The van der Waals surface area contributed by atoms with Crippen LogP contribution in [0.5, 0.6) is 17.2 Å². The summed E-state index contributed by atoms with van der Waals surface area (Å²) in [6.07, 6.45) is 2.01. The molecule has 4 aliphatic rings. The van der Waals surface area contributed by atoms with E-state index in [1.807, 2.05) is 86.7 Å². The molecule has 7 heteroatoms. The summed E-state index contributed by atoms with van der Waals surface area (Å²) < 4.78 is 17.1. The van der Waals surface area contributed by atoms with Crippen LogP contribution in [0.4, 0.5) is 5.69 Å². The van der Waals surface area contributed by atoms with Crippen molar-refractivity contribution in [1.82, 2.24) is 0 Å². The van der Waals surface area contributed by atoms with Crippen molar-refractivity contribution in [3.63, 3.8) is 0 Å². The summed E-state index contributed by atoms with van der Waals surface area (Å²) in [5.41, 5.74) is 4.73. The zero-order valence-electron chi connectivity index (χ0n) is 22.4. The van der Waals surface area contributed by atoms with Gasteiger partial charge in [0.25, 0.3) is 0 Å². The molecule has 0 aromatic heterocycles. The van der Waals surface area contributed by atoms with E-state index in [9.17, 15) is 14.4 Å². The molecule has 0 N–H and O–H groups in total. The van der Waals surface area contributed by atoms with E-state index < -0.39 is 29.6 Å².